The summed E-state index contributed by atoms with van der Waals surface area (Å²) in [4.78, 5) is 22.8. The number of urea groups is 1. The van der Waals surface area contributed by atoms with Crippen molar-refractivity contribution in [2.24, 2.45) is 5.92 Å². The molecular formula is C14H24N2O4. The topological polar surface area (TPSA) is 87.7 Å². The van der Waals surface area contributed by atoms with Gasteiger partial charge in [-0.25, -0.2) is 4.79 Å². The van der Waals surface area contributed by atoms with E-state index < -0.39 is 5.97 Å². The lowest BCUT2D eigenvalue weighted by atomic mass is 9.86. The fraction of sp³-hybridized carbons (Fsp3) is 0.857. The summed E-state index contributed by atoms with van der Waals surface area (Å²) in [5, 5.41) is 14.9. The van der Waals surface area contributed by atoms with Gasteiger partial charge in [-0.3, -0.25) is 4.79 Å². The summed E-state index contributed by atoms with van der Waals surface area (Å²) in [6.45, 7) is 0. The summed E-state index contributed by atoms with van der Waals surface area (Å²) in [5.74, 6) is -0.967. The Morgan fingerprint density at radius 1 is 1.05 bits per heavy atom. The largest absolute Gasteiger partial charge is 0.481 e. The van der Waals surface area contributed by atoms with Gasteiger partial charge in [-0.15, -0.1) is 0 Å². The predicted molar refractivity (Wildman–Crippen MR) is 73.5 cm³/mol. The Morgan fingerprint density at radius 2 is 1.75 bits per heavy atom. The second-order valence-electron chi connectivity index (χ2n) is 5.82. The van der Waals surface area contributed by atoms with Crippen molar-refractivity contribution in [1.82, 2.24) is 10.6 Å². The zero-order valence-corrected chi connectivity index (χ0v) is 11.9. The van der Waals surface area contributed by atoms with Crippen LogP contribution in [-0.2, 0) is 9.53 Å². The second-order valence-corrected chi connectivity index (χ2v) is 5.82. The molecule has 0 aromatic carbocycles. The molecule has 2 unspecified atom stereocenters. The molecule has 0 spiro atoms. The van der Waals surface area contributed by atoms with Crippen LogP contribution in [0.5, 0.6) is 0 Å². The fourth-order valence-corrected chi connectivity index (χ4v) is 3.25. The number of hydrogen-bond acceptors (Lipinski definition) is 3. The van der Waals surface area contributed by atoms with Crippen LogP contribution in [0, 0.1) is 5.92 Å². The van der Waals surface area contributed by atoms with Gasteiger partial charge in [0.15, 0.2) is 0 Å². The molecule has 6 nitrogen and oxygen atoms in total. The van der Waals surface area contributed by atoms with Gasteiger partial charge in [-0.2, -0.15) is 0 Å². The molecular weight excluding hydrogens is 260 g/mol. The molecule has 2 aliphatic rings. The fourth-order valence-electron chi connectivity index (χ4n) is 3.25. The number of rotatable bonds is 4. The first-order valence-electron chi connectivity index (χ1n) is 7.42. The third kappa shape index (κ3) is 3.85. The molecule has 20 heavy (non-hydrogen) atoms. The highest BCUT2D eigenvalue weighted by molar-refractivity contribution is 5.75. The molecule has 2 rings (SSSR count). The van der Waals surface area contributed by atoms with E-state index in [1.165, 1.54) is 0 Å². The average molecular weight is 284 g/mol. The van der Waals surface area contributed by atoms with Crippen LogP contribution in [0.25, 0.3) is 0 Å². The SMILES string of the molecule is COC1CCCC1NC(=O)NC1CCC(C(=O)O)CC1. The second kappa shape index (κ2) is 6.92. The summed E-state index contributed by atoms with van der Waals surface area (Å²) in [5.41, 5.74) is 0. The van der Waals surface area contributed by atoms with Crippen LogP contribution in [0.3, 0.4) is 0 Å². The van der Waals surface area contributed by atoms with Crippen molar-refractivity contribution >= 4 is 12.0 Å². The van der Waals surface area contributed by atoms with E-state index in [4.69, 9.17) is 9.84 Å². The smallest absolute Gasteiger partial charge is 0.315 e. The molecule has 0 aromatic rings. The average Bonchev–Trinajstić information content (AvgIpc) is 2.86. The predicted octanol–water partition coefficient (Wildman–Crippen LogP) is 1.50. The van der Waals surface area contributed by atoms with E-state index in [0.29, 0.717) is 12.8 Å². The van der Waals surface area contributed by atoms with Crippen LogP contribution in [0.1, 0.15) is 44.9 Å². The van der Waals surface area contributed by atoms with Crippen LogP contribution in [0.15, 0.2) is 0 Å². The normalized spacial score (nSPS) is 33.6. The summed E-state index contributed by atoms with van der Waals surface area (Å²) in [6.07, 6.45) is 5.90. The van der Waals surface area contributed by atoms with Crippen LogP contribution in [-0.4, -0.2) is 42.4 Å². The minimum Gasteiger partial charge on any atom is -0.481 e. The minimum atomic E-state index is -0.721. The molecule has 114 valence electrons. The summed E-state index contributed by atoms with van der Waals surface area (Å²) < 4.78 is 5.35. The Labute approximate surface area is 119 Å². The number of aliphatic carboxylic acids is 1. The highest BCUT2D eigenvalue weighted by Crippen LogP contribution is 2.25. The van der Waals surface area contributed by atoms with Gasteiger partial charge >= 0.3 is 12.0 Å². The molecule has 2 amide bonds. The van der Waals surface area contributed by atoms with Gasteiger partial charge in [0.25, 0.3) is 0 Å². The number of carbonyl (C=O) groups excluding carboxylic acids is 1. The molecule has 0 bridgehead atoms. The van der Waals surface area contributed by atoms with Gasteiger partial charge in [0.2, 0.25) is 0 Å². The lowest BCUT2D eigenvalue weighted by Gasteiger charge is -2.28. The number of hydrogen-bond donors (Lipinski definition) is 3. The number of nitrogens with one attached hydrogen (secondary N) is 2. The summed E-state index contributed by atoms with van der Waals surface area (Å²) in [6, 6.07) is 0.0288. The maximum Gasteiger partial charge on any atom is 0.315 e. The van der Waals surface area contributed by atoms with Crippen molar-refractivity contribution < 1.29 is 19.4 Å². The van der Waals surface area contributed by atoms with Crippen LogP contribution in [0.4, 0.5) is 4.79 Å². The van der Waals surface area contributed by atoms with E-state index in [9.17, 15) is 9.59 Å². The Hall–Kier alpha value is -1.30. The van der Waals surface area contributed by atoms with E-state index in [1.807, 2.05) is 0 Å². The van der Waals surface area contributed by atoms with Crippen LogP contribution >= 0.6 is 0 Å². The molecule has 3 N–H and O–H groups in total. The first-order chi connectivity index (χ1) is 9.60. The lowest BCUT2D eigenvalue weighted by molar-refractivity contribution is -0.142. The first kappa shape index (κ1) is 15.1. The Bertz CT molecular complexity index is 353. The molecule has 0 heterocycles. The highest BCUT2D eigenvalue weighted by Gasteiger charge is 2.30. The zero-order valence-electron chi connectivity index (χ0n) is 11.9. The van der Waals surface area contributed by atoms with Gasteiger partial charge < -0.3 is 20.5 Å². The van der Waals surface area contributed by atoms with Gasteiger partial charge in [-0.05, 0) is 44.9 Å². The quantitative estimate of drug-likeness (QED) is 0.730. The molecule has 0 aromatic heterocycles. The van der Waals surface area contributed by atoms with Gasteiger partial charge in [0.1, 0.15) is 0 Å². The molecule has 2 atom stereocenters. The van der Waals surface area contributed by atoms with E-state index >= 15 is 0 Å². The minimum absolute atomic E-state index is 0.0907. The Kier molecular flexibility index (Phi) is 5.23. The standard InChI is InChI=1S/C14H24N2O4/c1-20-12-4-2-3-11(12)16-14(19)15-10-7-5-9(6-8-10)13(17)18/h9-12H,2-8H2,1H3,(H,17,18)(H2,15,16,19). The molecule has 0 radical (unpaired) electrons. The van der Waals surface area contributed by atoms with Crippen molar-refractivity contribution in [2.75, 3.05) is 7.11 Å². The van der Waals surface area contributed by atoms with Gasteiger partial charge in [0.05, 0.1) is 18.1 Å². The maximum absolute atomic E-state index is 12.0. The third-order valence-electron chi connectivity index (χ3n) is 4.48. The number of carbonyl (C=O) groups is 2. The van der Waals surface area contributed by atoms with E-state index in [0.717, 1.165) is 32.1 Å². The Balaban J connectivity index is 1.71. The number of carboxylic acids is 1. The number of methoxy groups -OCH3 is 1. The van der Waals surface area contributed by atoms with Crippen molar-refractivity contribution in [3.05, 3.63) is 0 Å². The maximum atomic E-state index is 12.0. The number of carboxylic acid groups (broad SMARTS) is 1. The molecule has 0 aliphatic heterocycles. The molecule has 2 saturated carbocycles. The third-order valence-corrected chi connectivity index (χ3v) is 4.48. The van der Waals surface area contributed by atoms with E-state index in [2.05, 4.69) is 10.6 Å². The van der Waals surface area contributed by atoms with Crippen molar-refractivity contribution in [3.63, 3.8) is 0 Å². The van der Waals surface area contributed by atoms with E-state index in [1.54, 1.807) is 7.11 Å². The van der Waals surface area contributed by atoms with Crippen molar-refractivity contribution in [2.45, 2.75) is 63.1 Å². The number of ether oxygens (including phenoxy) is 1. The zero-order chi connectivity index (χ0) is 14.5. The van der Waals surface area contributed by atoms with Crippen LogP contribution in [0.2, 0.25) is 0 Å². The van der Waals surface area contributed by atoms with E-state index in [-0.39, 0.29) is 30.1 Å². The van der Waals surface area contributed by atoms with Crippen molar-refractivity contribution in [1.29, 1.82) is 0 Å². The molecule has 6 heteroatoms. The number of amides is 2. The highest BCUT2D eigenvalue weighted by atomic mass is 16.5. The van der Waals surface area contributed by atoms with Gasteiger partial charge in [-0.1, -0.05) is 0 Å². The first-order valence-corrected chi connectivity index (χ1v) is 7.42. The van der Waals surface area contributed by atoms with Crippen molar-refractivity contribution in [3.8, 4) is 0 Å². The molecule has 0 saturated heterocycles. The summed E-state index contributed by atoms with van der Waals surface area (Å²) in [7, 11) is 1.68. The van der Waals surface area contributed by atoms with Crippen LogP contribution < -0.4 is 10.6 Å². The monoisotopic (exact) mass is 284 g/mol. The molecule has 2 aliphatic carbocycles. The summed E-state index contributed by atoms with van der Waals surface area (Å²) >= 11 is 0. The Morgan fingerprint density at radius 3 is 2.35 bits per heavy atom. The lowest BCUT2D eigenvalue weighted by Crippen LogP contribution is -2.49. The van der Waals surface area contributed by atoms with Gasteiger partial charge in [0, 0.05) is 13.2 Å². The molecule has 2 fully saturated rings.